The summed E-state index contributed by atoms with van der Waals surface area (Å²) in [4.78, 5) is 0. The number of ether oxygens (including phenoxy) is 1. The summed E-state index contributed by atoms with van der Waals surface area (Å²) in [7, 11) is 1.77. The van der Waals surface area contributed by atoms with E-state index in [2.05, 4.69) is 19.2 Å². The van der Waals surface area contributed by atoms with Crippen molar-refractivity contribution in [1.29, 1.82) is 0 Å². The van der Waals surface area contributed by atoms with Crippen LogP contribution in [0.2, 0.25) is 0 Å². The Bertz CT molecular complexity index is 241. The molecule has 100 valence electrons. The Morgan fingerprint density at radius 2 is 2.18 bits per heavy atom. The fourth-order valence-electron chi connectivity index (χ4n) is 3.74. The van der Waals surface area contributed by atoms with Gasteiger partial charge in [-0.15, -0.1) is 0 Å². The molecule has 0 aromatic carbocycles. The molecule has 0 heterocycles. The van der Waals surface area contributed by atoms with Crippen molar-refractivity contribution in [1.82, 2.24) is 5.32 Å². The maximum atomic E-state index is 5.07. The molecule has 0 aliphatic heterocycles. The van der Waals surface area contributed by atoms with E-state index in [0.717, 1.165) is 36.3 Å². The second-order valence-electron chi connectivity index (χ2n) is 6.56. The molecule has 2 rings (SSSR count). The molecule has 3 unspecified atom stereocenters. The molecule has 2 aliphatic carbocycles. The van der Waals surface area contributed by atoms with Gasteiger partial charge in [0.1, 0.15) is 0 Å². The van der Waals surface area contributed by atoms with Crippen LogP contribution < -0.4 is 5.32 Å². The monoisotopic (exact) mass is 239 g/mol. The SMILES string of the molecule is COCCNCC1CC12CCCC(C(C)C)C2. The fourth-order valence-corrected chi connectivity index (χ4v) is 3.74. The number of hydrogen-bond donors (Lipinski definition) is 1. The van der Waals surface area contributed by atoms with E-state index in [0.29, 0.717) is 0 Å². The van der Waals surface area contributed by atoms with Gasteiger partial charge in [0.05, 0.1) is 6.61 Å². The molecule has 0 amide bonds. The first kappa shape index (κ1) is 13.4. The van der Waals surface area contributed by atoms with Gasteiger partial charge in [0.15, 0.2) is 0 Å². The van der Waals surface area contributed by atoms with Gasteiger partial charge in [-0.25, -0.2) is 0 Å². The highest BCUT2D eigenvalue weighted by atomic mass is 16.5. The van der Waals surface area contributed by atoms with Gasteiger partial charge in [-0.2, -0.15) is 0 Å². The maximum Gasteiger partial charge on any atom is 0.0587 e. The summed E-state index contributed by atoms with van der Waals surface area (Å²) in [5.74, 6) is 2.84. The van der Waals surface area contributed by atoms with Gasteiger partial charge in [-0.1, -0.05) is 26.7 Å². The van der Waals surface area contributed by atoms with Crippen molar-refractivity contribution in [2.75, 3.05) is 26.8 Å². The summed E-state index contributed by atoms with van der Waals surface area (Å²) in [5, 5.41) is 3.54. The van der Waals surface area contributed by atoms with Gasteiger partial charge in [0.25, 0.3) is 0 Å². The summed E-state index contributed by atoms with van der Waals surface area (Å²) in [6.45, 7) is 7.87. The highest BCUT2D eigenvalue weighted by Crippen LogP contribution is 2.62. The normalized spacial score (nSPS) is 36.7. The molecule has 2 nitrogen and oxygen atoms in total. The van der Waals surface area contributed by atoms with Gasteiger partial charge in [-0.3, -0.25) is 0 Å². The number of rotatable bonds is 6. The third-order valence-electron chi connectivity index (χ3n) is 5.09. The Labute approximate surface area is 107 Å². The first-order valence-corrected chi connectivity index (χ1v) is 7.37. The third-order valence-corrected chi connectivity index (χ3v) is 5.09. The molecule has 0 saturated heterocycles. The van der Waals surface area contributed by atoms with Crippen molar-refractivity contribution in [2.45, 2.75) is 46.0 Å². The lowest BCUT2D eigenvalue weighted by Gasteiger charge is -2.33. The molecular formula is C15H29NO. The van der Waals surface area contributed by atoms with Crippen molar-refractivity contribution < 1.29 is 4.74 Å². The van der Waals surface area contributed by atoms with E-state index in [4.69, 9.17) is 4.74 Å². The molecule has 1 N–H and O–H groups in total. The van der Waals surface area contributed by atoms with Gasteiger partial charge in [0, 0.05) is 13.7 Å². The van der Waals surface area contributed by atoms with Gasteiger partial charge < -0.3 is 10.1 Å². The lowest BCUT2D eigenvalue weighted by molar-refractivity contribution is 0.180. The lowest BCUT2D eigenvalue weighted by atomic mass is 9.73. The average molecular weight is 239 g/mol. The number of methoxy groups -OCH3 is 1. The van der Waals surface area contributed by atoms with Crippen LogP contribution in [0.25, 0.3) is 0 Å². The standard InChI is InChI=1S/C15H29NO/c1-12(2)13-5-4-6-15(9-13)10-14(15)11-16-7-8-17-3/h12-14,16H,4-11H2,1-3H3. The molecular weight excluding hydrogens is 210 g/mol. The molecule has 1 spiro atoms. The Hall–Kier alpha value is -0.0800. The van der Waals surface area contributed by atoms with Crippen molar-refractivity contribution in [2.24, 2.45) is 23.2 Å². The maximum absolute atomic E-state index is 5.07. The van der Waals surface area contributed by atoms with Crippen LogP contribution in [0.4, 0.5) is 0 Å². The Balaban J connectivity index is 1.71. The molecule has 2 fully saturated rings. The van der Waals surface area contributed by atoms with Crippen LogP contribution in [0.15, 0.2) is 0 Å². The number of hydrogen-bond acceptors (Lipinski definition) is 2. The quantitative estimate of drug-likeness (QED) is 0.719. The zero-order chi connectivity index (χ0) is 12.3. The van der Waals surface area contributed by atoms with Crippen LogP contribution in [0, 0.1) is 23.2 Å². The molecule has 0 aromatic heterocycles. The van der Waals surface area contributed by atoms with Crippen molar-refractivity contribution in [3.8, 4) is 0 Å². The van der Waals surface area contributed by atoms with Crippen LogP contribution >= 0.6 is 0 Å². The van der Waals surface area contributed by atoms with E-state index in [1.165, 1.54) is 38.6 Å². The summed E-state index contributed by atoms with van der Waals surface area (Å²) in [5.41, 5.74) is 0.743. The van der Waals surface area contributed by atoms with Crippen molar-refractivity contribution >= 4 is 0 Å². The minimum absolute atomic E-state index is 0.743. The zero-order valence-corrected chi connectivity index (χ0v) is 11.8. The van der Waals surface area contributed by atoms with Gasteiger partial charge >= 0.3 is 0 Å². The Morgan fingerprint density at radius 3 is 2.88 bits per heavy atom. The topological polar surface area (TPSA) is 21.3 Å². The van der Waals surface area contributed by atoms with E-state index < -0.39 is 0 Å². The smallest absolute Gasteiger partial charge is 0.0587 e. The fraction of sp³-hybridized carbons (Fsp3) is 1.00. The molecule has 2 aliphatic rings. The average Bonchev–Trinajstić information content (AvgIpc) is 2.97. The van der Waals surface area contributed by atoms with E-state index >= 15 is 0 Å². The molecule has 0 radical (unpaired) electrons. The summed E-state index contributed by atoms with van der Waals surface area (Å²) in [6.07, 6.45) is 7.42. The molecule has 3 atom stereocenters. The first-order valence-electron chi connectivity index (χ1n) is 7.37. The molecule has 0 bridgehead atoms. The predicted molar refractivity (Wildman–Crippen MR) is 72.1 cm³/mol. The zero-order valence-electron chi connectivity index (χ0n) is 11.8. The Kier molecular flexibility index (Phi) is 4.48. The molecule has 2 heteroatoms. The summed E-state index contributed by atoms with van der Waals surface area (Å²) in [6, 6.07) is 0. The second kappa shape index (κ2) is 5.71. The second-order valence-corrected chi connectivity index (χ2v) is 6.56. The molecule has 2 saturated carbocycles. The van der Waals surface area contributed by atoms with E-state index in [1.807, 2.05) is 0 Å². The molecule has 0 aromatic rings. The van der Waals surface area contributed by atoms with Crippen LogP contribution in [-0.2, 0) is 4.74 Å². The van der Waals surface area contributed by atoms with Gasteiger partial charge in [0.2, 0.25) is 0 Å². The highest BCUT2D eigenvalue weighted by molar-refractivity contribution is 5.05. The lowest BCUT2D eigenvalue weighted by Crippen LogP contribution is -2.27. The largest absolute Gasteiger partial charge is 0.383 e. The van der Waals surface area contributed by atoms with E-state index in [-0.39, 0.29) is 0 Å². The molecule has 17 heavy (non-hydrogen) atoms. The van der Waals surface area contributed by atoms with Crippen LogP contribution in [-0.4, -0.2) is 26.8 Å². The van der Waals surface area contributed by atoms with Crippen molar-refractivity contribution in [3.63, 3.8) is 0 Å². The van der Waals surface area contributed by atoms with E-state index in [9.17, 15) is 0 Å². The van der Waals surface area contributed by atoms with Gasteiger partial charge in [-0.05, 0) is 49.0 Å². The highest BCUT2D eigenvalue weighted by Gasteiger charge is 2.54. The van der Waals surface area contributed by atoms with Crippen LogP contribution in [0.3, 0.4) is 0 Å². The van der Waals surface area contributed by atoms with E-state index in [1.54, 1.807) is 7.11 Å². The Morgan fingerprint density at radius 1 is 1.35 bits per heavy atom. The minimum atomic E-state index is 0.743. The van der Waals surface area contributed by atoms with Crippen molar-refractivity contribution in [3.05, 3.63) is 0 Å². The predicted octanol–water partition coefficient (Wildman–Crippen LogP) is 3.07. The summed E-state index contributed by atoms with van der Waals surface area (Å²) >= 11 is 0. The van der Waals surface area contributed by atoms with Crippen LogP contribution in [0.5, 0.6) is 0 Å². The third kappa shape index (κ3) is 3.23. The van der Waals surface area contributed by atoms with Crippen LogP contribution in [0.1, 0.15) is 46.0 Å². The number of nitrogens with one attached hydrogen (secondary N) is 1. The minimum Gasteiger partial charge on any atom is -0.383 e. The summed E-state index contributed by atoms with van der Waals surface area (Å²) < 4.78 is 5.07. The first-order chi connectivity index (χ1) is 8.18.